The minimum Gasteiger partial charge on any atom is -0.454 e. The van der Waals surface area contributed by atoms with Crippen LogP contribution in [0.1, 0.15) is 17.0 Å². The van der Waals surface area contributed by atoms with Crippen molar-refractivity contribution in [3.63, 3.8) is 0 Å². The molecule has 0 bridgehead atoms. The second-order valence-corrected chi connectivity index (χ2v) is 6.85. The van der Waals surface area contributed by atoms with Gasteiger partial charge in [-0.25, -0.2) is 4.98 Å². The van der Waals surface area contributed by atoms with Crippen molar-refractivity contribution in [2.45, 2.75) is 25.5 Å². The number of amides is 1. The van der Waals surface area contributed by atoms with E-state index in [1.54, 1.807) is 0 Å². The largest absolute Gasteiger partial charge is 0.454 e. The zero-order valence-corrected chi connectivity index (χ0v) is 15.2. The first-order valence-electron chi connectivity index (χ1n) is 8.07. The van der Waals surface area contributed by atoms with Gasteiger partial charge in [-0.1, -0.05) is 17.8 Å². The van der Waals surface area contributed by atoms with E-state index in [0.29, 0.717) is 23.2 Å². The summed E-state index contributed by atoms with van der Waals surface area (Å²) in [5.41, 5.74) is 2.83. The number of aryl methyl sites for hydroxylation is 2. The molecule has 0 spiro atoms. The van der Waals surface area contributed by atoms with Gasteiger partial charge in [0.15, 0.2) is 16.7 Å². The van der Waals surface area contributed by atoms with E-state index in [9.17, 15) is 4.79 Å². The predicted octanol–water partition coefficient (Wildman–Crippen LogP) is 1.88. The van der Waals surface area contributed by atoms with Crippen LogP contribution in [0.5, 0.6) is 11.5 Å². The van der Waals surface area contributed by atoms with Gasteiger partial charge in [-0.2, -0.15) is 0 Å². The topological polar surface area (TPSA) is 90.6 Å². The first-order chi connectivity index (χ1) is 12.6. The van der Waals surface area contributed by atoms with Crippen LogP contribution in [-0.2, 0) is 11.3 Å². The van der Waals surface area contributed by atoms with Gasteiger partial charge in [-0.15, -0.1) is 10.2 Å². The molecular formula is C17H17N5O3S. The zero-order valence-electron chi connectivity index (χ0n) is 14.4. The Morgan fingerprint density at radius 2 is 2.08 bits per heavy atom. The molecule has 4 rings (SSSR count). The maximum Gasteiger partial charge on any atom is 0.256 e. The lowest BCUT2D eigenvalue weighted by Gasteiger charge is -2.06. The van der Waals surface area contributed by atoms with Gasteiger partial charge in [0.25, 0.3) is 5.78 Å². The zero-order chi connectivity index (χ0) is 18.1. The van der Waals surface area contributed by atoms with Gasteiger partial charge < -0.3 is 14.8 Å². The van der Waals surface area contributed by atoms with E-state index in [2.05, 4.69) is 20.5 Å². The quantitative estimate of drug-likeness (QED) is 0.685. The highest BCUT2D eigenvalue weighted by atomic mass is 32.2. The number of hydrogen-bond donors (Lipinski definition) is 1. The smallest absolute Gasteiger partial charge is 0.256 e. The van der Waals surface area contributed by atoms with Crippen LogP contribution in [0.2, 0.25) is 0 Å². The summed E-state index contributed by atoms with van der Waals surface area (Å²) in [7, 11) is 0. The number of aromatic nitrogens is 4. The molecule has 0 saturated carbocycles. The van der Waals surface area contributed by atoms with E-state index in [4.69, 9.17) is 9.47 Å². The van der Waals surface area contributed by atoms with Crippen LogP contribution in [-0.4, -0.2) is 38.0 Å². The first-order valence-corrected chi connectivity index (χ1v) is 9.06. The van der Waals surface area contributed by atoms with Crippen LogP contribution in [0.25, 0.3) is 5.78 Å². The first kappa shape index (κ1) is 16.6. The van der Waals surface area contributed by atoms with Crippen molar-refractivity contribution in [1.82, 2.24) is 24.9 Å². The summed E-state index contributed by atoms with van der Waals surface area (Å²) in [6.45, 7) is 4.55. The van der Waals surface area contributed by atoms with Crippen molar-refractivity contribution in [1.29, 1.82) is 0 Å². The molecule has 1 aliphatic heterocycles. The average molecular weight is 371 g/mol. The van der Waals surface area contributed by atoms with E-state index >= 15 is 0 Å². The van der Waals surface area contributed by atoms with Gasteiger partial charge in [-0.05, 0) is 37.6 Å². The van der Waals surface area contributed by atoms with Crippen LogP contribution >= 0.6 is 11.8 Å². The van der Waals surface area contributed by atoms with Crippen LogP contribution in [0, 0.1) is 13.8 Å². The molecule has 0 atom stereocenters. The van der Waals surface area contributed by atoms with Gasteiger partial charge in [0.05, 0.1) is 5.75 Å². The standard InChI is InChI=1S/C17H17N5O3S/c1-10-5-11(2)22-16(19-10)20-21-17(22)26-8-15(23)18-7-12-3-4-13-14(6-12)25-9-24-13/h3-6H,7-9H2,1-2H3,(H,18,23). The van der Waals surface area contributed by atoms with Gasteiger partial charge >= 0.3 is 0 Å². The number of benzene rings is 1. The third-order valence-corrected chi connectivity index (χ3v) is 4.85. The van der Waals surface area contributed by atoms with Gasteiger partial charge in [-0.3, -0.25) is 9.20 Å². The number of hydrogen-bond acceptors (Lipinski definition) is 7. The molecule has 0 unspecified atom stereocenters. The molecular weight excluding hydrogens is 354 g/mol. The van der Waals surface area contributed by atoms with E-state index in [-0.39, 0.29) is 18.5 Å². The number of ether oxygens (including phenoxy) is 2. The molecule has 0 saturated heterocycles. The lowest BCUT2D eigenvalue weighted by molar-refractivity contribution is -0.118. The number of carbonyl (C=O) groups excluding carboxylic acids is 1. The number of nitrogens with one attached hydrogen (secondary N) is 1. The molecule has 0 fully saturated rings. The van der Waals surface area contributed by atoms with Crippen molar-refractivity contribution < 1.29 is 14.3 Å². The molecule has 0 aliphatic carbocycles. The number of thioether (sulfide) groups is 1. The molecule has 2 aromatic heterocycles. The molecule has 9 heteroatoms. The molecule has 1 aromatic carbocycles. The Labute approximate surface area is 153 Å². The van der Waals surface area contributed by atoms with E-state index in [1.165, 1.54) is 11.8 Å². The molecule has 1 amide bonds. The number of nitrogens with zero attached hydrogens (tertiary/aromatic N) is 4. The fourth-order valence-corrected chi connectivity index (χ4v) is 3.54. The van der Waals surface area contributed by atoms with E-state index in [1.807, 2.05) is 42.5 Å². The van der Waals surface area contributed by atoms with Crippen molar-refractivity contribution in [2.24, 2.45) is 0 Å². The van der Waals surface area contributed by atoms with Crippen molar-refractivity contribution in [3.05, 3.63) is 41.2 Å². The Bertz CT molecular complexity index is 988. The molecule has 134 valence electrons. The fourth-order valence-electron chi connectivity index (χ4n) is 2.73. The number of fused-ring (bicyclic) bond motifs is 2. The van der Waals surface area contributed by atoms with E-state index in [0.717, 1.165) is 22.7 Å². The summed E-state index contributed by atoms with van der Waals surface area (Å²) in [6, 6.07) is 7.59. The molecule has 8 nitrogen and oxygen atoms in total. The Morgan fingerprint density at radius 1 is 1.23 bits per heavy atom. The van der Waals surface area contributed by atoms with E-state index < -0.39 is 0 Å². The number of carbonyl (C=O) groups is 1. The molecule has 3 aromatic rings. The monoisotopic (exact) mass is 371 g/mol. The molecule has 26 heavy (non-hydrogen) atoms. The summed E-state index contributed by atoms with van der Waals surface area (Å²) in [5, 5.41) is 11.7. The van der Waals surface area contributed by atoms with Gasteiger partial charge in [0.1, 0.15) is 0 Å². The van der Waals surface area contributed by atoms with Crippen LogP contribution in [0.3, 0.4) is 0 Å². The summed E-state index contributed by atoms with van der Waals surface area (Å²) in [5.74, 6) is 2.15. The Balaban J connectivity index is 1.36. The second kappa shape index (κ2) is 6.83. The lowest BCUT2D eigenvalue weighted by atomic mass is 10.2. The molecule has 1 N–H and O–H groups in total. The Hall–Kier alpha value is -2.81. The molecule has 3 heterocycles. The predicted molar refractivity (Wildman–Crippen MR) is 95.4 cm³/mol. The highest BCUT2D eigenvalue weighted by molar-refractivity contribution is 7.99. The lowest BCUT2D eigenvalue weighted by Crippen LogP contribution is -2.24. The van der Waals surface area contributed by atoms with Crippen molar-refractivity contribution >= 4 is 23.4 Å². The minimum atomic E-state index is -0.0814. The Morgan fingerprint density at radius 3 is 2.96 bits per heavy atom. The summed E-state index contributed by atoms with van der Waals surface area (Å²) in [6.07, 6.45) is 0. The summed E-state index contributed by atoms with van der Waals surface area (Å²) < 4.78 is 12.5. The fraction of sp³-hybridized carbons (Fsp3) is 0.294. The van der Waals surface area contributed by atoms with Gasteiger partial charge in [0, 0.05) is 17.9 Å². The minimum absolute atomic E-state index is 0.0814. The Kier molecular flexibility index (Phi) is 4.37. The third kappa shape index (κ3) is 3.30. The third-order valence-electron chi connectivity index (χ3n) is 3.92. The van der Waals surface area contributed by atoms with Crippen molar-refractivity contribution in [2.75, 3.05) is 12.5 Å². The van der Waals surface area contributed by atoms with Crippen LogP contribution in [0.4, 0.5) is 0 Å². The highest BCUT2D eigenvalue weighted by Crippen LogP contribution is 2.32. The average Bonchev–Trinajstić information content (AvgIpc) is 3.24. The highest BCUT2D eigenvalue weighted by Gasteiger charge is 2.14. The SMILES string of the molecule is Cc1cc(C)n2c(SCC(=O)NCc3ccc4c(c3)OCO4)nnc2n1. The molecule has 1 aliphatic rings. The second-order valence-electron chi connectivity index (χ2n) is 5.91. The summed E-state index contributed by atoms with van der Waals surface area (Å²) >= 11 is 1.33. The maximum absolute atomic E-state index is 12.2. The van der Waals surface area contributed by atoms with Gasteiger partial charge in [0.2, 0.25) is 12.7 Å². The normalized spacial score (nSPS) is 12.5. The number of rotatable bonds is 5. The summed E-state index contributed by atoms with van der Waals surface area (Å²) in [4.78, 5) is 16.5. The van der Waals surface area contributed by atoms with Crippen molar-refractivity contribution in [3.8, 4) is 11.5 Å². The molecule has 0 radical (unpaired) electrons. The van der Waals surface area contributed by atoms with Crippen LogP contribution < -0.4 is 14.8 Å². The maximum atomic E-state index is 12.2. The van der Waals surface area contributed by atoms with Crippen LogP contribution in [0.15, 0.2) is 29.4 Å².